The summed E-state index contributed by atoms with van der Waals surface area (Å²) in [7, 11) is 0. The summed E-state index contributed by atoms with van der Waals surface area (Å²) in [5, 5.41) is 28.7. The summed E-state index contributed by atoms with van der Waals surface area (Å²) in [5.74, 6) is 0.116. The van der Waals surface area contributed by atoms with E-state index in [1.165, 1.54) is 0 Å². The standard InChI is InChI=1S/C22H15N4O.3C2H6.Y/c27-22-20-9-5-4-6-16(20)10-15-21(22)26-25-19-13-11-18(12-14-19)24-23-17-7-2-1-3-8-17;3*1-2;/h1-13,15,27H;3*1-2H3;/q-1;;;;. The number of phenols is 1. The van der Waals surface area contributed by atoms with Crippen molar-refractivity contribution in [2.24, 2.45) is 20.5 Å². The van der Waals surface area contributed by atoms with Crippen molar-refractivity contribution >= 4 is 33.5 Å². The Morgan fingerprint density at radius 3 is 1.85 bits per heavy atom. The second kappa shape index (κ2) is 18.6. The van der Waals surface area contributed by atoms with Gasteiger partial charge in [-0.3, -0.25) is 0 Å². The van der Waals surface area contributed by atoms with Gasteiger partial charge >= 0.3 is 0 Å². The predicted molar refractivity (Wildman–Crippen MR) is 140 cm³/mol. The average molecular weight is 531 g/mol. The molecule has 0 fully saturated rings. The third-order valence-electron chi connectivity index (χ3n) is 3.96. The average Bonchev–Trinajstić information content (AvgIpc) is 2.92. The first-order valence-electron chi connectivity index (χ1n) is 11.4. The van der Waals surface area contributed by atoms with Gasteiger partial charge < -0.3 is 5.11 Å². The minimum Gasteiger partial charge on any atom is -0.505 e. The van der Waals surface area contributed by atoms with Crippen LogP contribution in [0.5, 0.6) is 5.75 Å². The zero-order valence-corrected chi connectivity index (χ0v) is 23.7. The van der Waals surface area contributed by atoms with E-state index in [-0.39, 0.29) is 38.5 Å². The molecule has 4 aromatic rings. The summed E-state index contributed by atoms with van der Waals surface area (Å²) in [6.07, 6.45) is 0. The van der Waals surface area contributed by atoms with E-state index < -0.39 is 0 Å². The van der Waals surface area contributed by atoms with Crippen molar-refractivity contribution in [2.45, 2.75) is 41.5 Å². The molecular formula is C28H33N4OY-. The quantitative estimate of drug-likeness (QED) is 0.207. The van der Waals surface area contributed by atoms with Gasteiger partial charge in [0.1, 0.15) is 5.69 Å². The first-order chi connectivity index (χ1) is 16.3. The molecule has 0 amide bonds. The third kappa shape index (κ3) is 9.62. The third-order valence-corrected chi connectivity index (χ3v) is 3.96. The van der Waals surface area contributed by atoms with Gasteiger partial charge in [0.05, 0.1) is 5.69 Å². The second-order valence-corrected chi connectivity index (χ2v) is 5.82. The van der Waals surface area contributed by atoms with Gasteiger partial charge in [-0.2, -0.15) is 16.3 Å². The van der Waals surface area contributed by atoms with Crippen molar-refractivity contribution in [1.29, 1.82) is 0 Å². The van der Waals surface area contributed by atoms with Gasteiger partial charge in [0.2, 0.25) is 0 Å². The van der Waals surface area contributed by atoms with Crippen LogP contribution in [0.25, 0.3) is 10.8 Å². The van der Waals surface area contributed by atoms with Crippen molar-refractivity contribution in [3.63, 3.8) is 0 Å². The van der Waals surface area contributed by atoms with E-state index in [0.717, 1.165) is 16.5 Å². The van der Waals surface area contributed by atoms with Crippen LogP contribution in [0.1, 0.15) is 41.5 Å². The summed E-state index contributed by atoms with van der Waals surface area (Å²) in [6.45, 7) is 12.0. The van der Waals surface area contributed by atoms with Crippen molar-refractivity contribution < 1.29 is 37.8 Å². The van der Waals surface area contributed by atoms with E-state index in [2.05, 4.69) is 26.5 Å². The fourth-order valence-electron chi connectivity index (χ4n) is 2.58. The molecule has 4 rings (SSSR count). The number of hydrogen-bond donors (Lipinski definition) is 1. The number of azo groups is 2. The molecule has 175 valence electrons. The van der Waals surface area contributed by atoms with Gasteiger partial charge in [-0.15, -0.1) is 23.3 Å². The summed E-state index contributed by atoms with van der Waals surface area (Å²) in [5.41, 5.74) is 2.41. The summed E-state index contributed by atoms with van der Waals surface area (Å²) in [6, 6.07) is 29.0. The molecule has 0 aliphatic heterocycles. The number of benzene rings is 4. The molecule has 1 N–H and O–H groups in total. The van der Waals surface area contributed by atoms with Crippen LogP contribution in [0.3, 0.4) is 0 Å². The smallest absolute Gasteiger partial charge is 0.150 e. The predicted octanol–water partition coefficient (Wildman–Crippen LogP) is 10.3. The van der Waals surface area contributed by atoms with Crippen LogP contribution < -0.4 is 0 Å². The maximum atomic E-state index is 10.4. The van der Waals surface area contributed by atoms with Gasteiger partial charge in [0, 0.05) is 38.1 Å². The van der Waals surface area contributed by atoms with Crippen molar-refractivity contribution in [2.75, 3.05) is 0 Å². The molecule has 5 nitrogen and oxygen atoms in total. The van der Waals surface area contributed by atoms with E-state index >= 15 is 0 Å². The Morgan fingerprint density at radius 2 is 1.21 bits per heavy atom. The molecular weight excluding hydrogens is 497 g/mol. The summed E-state index contributed by atoms with van der Waals surface area (Å²) < 4.78 is 0. The molecule has 0 bridgehead atoms. The molecule has 0 saturated carbocycles. The molecule has 0 atom stereocenters. The van der Waals surface area contributed by atoms with Crippen LogP contribution in [-0.4, -0.2) is 5.11 Å². The summed E-state index contributed by atoms with van der Waals surface area (Å²) >= 11 is 0. The van der Waals surface area contributed by atoms with Crippen LogP contribution in [0.4, 0.5) is 22.7 Å². The number of nitrogens with zero attached hydrogens (tertiary/aromatic N) is 4. The zero-order chi connectivity index (χ0) is 24.5. The van der Waals surface area contributed by atoms with Crippen molar-refractivity contribution in [3.8, 4) is 5.75 Å². The Morgan fingerprint density at radius 1 is 0.588 bits per heavy atom. The number of phenolic OH excluding ortho intramolecular Hbond substituents is 1. The molecule has 0 spiro atoms. The molecule has 0 unspecified atom stereocenters. The van der Waals surface area contributed by atoms with E-state index in [9.17, 15) is 5.11 Å². The SMILES string of the molecule is CC.CC.CC.Oc1c(N=Nc2[c-]cc(N=Nc3ccccc3)cc2)ccc2ccccc12.[Y]. The number of aromatic hydroxyl groups is 1. The van der Waals surface area contributed by atoms with Crippen LogP contribution in [0, 0.1) is 6.07 Å². The Bertz CT molecular complexity index is 1130. The van der Waals surface area contributed by atoms with Gasteiger partial charge in [-0.25, -0.2) is 5.11 Å². The first kappa shape index (κ1) is 31.2. The molecule has 1 radical (unpaired) electrons. The van der Waals surface area contributed by atoms with E-state index in [1.54, 1.807) is 24.3 Å². The van der Waals surface area contributed by atoms with Crippen LogP contribution in [-0.2, 0) is 32.7 Å². The van der Waals surface area contributed by atoms with E-state index in [4.69, 9.17) is 0 Å². The van der Waals surface area contributed by atoms with Crippen LogP contribution in [0.15, 0.2) is 105 Å². The maximum absolute atomic E-state index is 10.4. The Hall–Kier alpha value is -2.76. The monoisotopic (exact) mass is 530 g/mol. The largest absolute Gasteiger partial charge is 0.505 e. The summed E-state index contributed by atoms with van der Waals surface area (Å²) in [4.78, 5) is 0. The van der Waals surface area contributed by atoms with Crippen LogP contribution in [0.2, 0.25) is 0 Å². The van der Waals surface area contributed by atoms with Gasteiger partial charge in [0.15, 0.2) is 5.75 Å². The van der Waals surface area contributed by atoms with Crippen molar-refractivity contribution in [1.82, 2.24) is 0 Å². The van der Waals surface area contributed by atoms with Gasteiger partial charge in [0.25, 0.3) is 0 Å². The molecule has 0 aromatic heterocycles. The minimum absolute atomic E-state index is 0. The van der Waals surface area contributed by atoms with Crippen molar-refractivity contribution in [3.05, 3.63) is 91.0 Å². The van der Waals surface area contributed by atoms with Gasteiger partial charge in [-0.05, 0) is 35.0 Å². The molecule has 0 heterocycles. The van der Waals surface area contributed by atoms with E-state index in [0.29, 0.717) is 17.1 Å². The molecule has 6 heteroatoms. The number of fused-ring (bicyclic) bond motifs is 1. The fraction of sp³-hybridized carbons (Fsp3) is 0.214. The van der Waals surface area contributed by atoms with Gasteiger partial charge in [-0.1, -0.05) is 90.1 Å². The number of hydrogen-bond acceptors (Lipinski definition) is 5. The fourth-order valence-corrected chi connectivity index (χ4v) is 2.58. The first-order valence-corrected chi connectivity index (χ1v) is 11.4. The Kier molecular flexibility index (Phi) is 17.1. The molecule has 0 saturated heterocycles. The molecule has 34 heavy (non-hydrogen) atoms. The second-order valence-electron chi connectivity index (χ2n) is 5.82. The molecule has 0 aliphatic carbocycles. The topological polar surface area (TPSA) is 69.7 Å². The minimum atomic E-state index is 0. The normalized spacial score (nSPS) is 9.71. The molecule has 4 aromatic carbocycles. The zero-order valence-electron chi connectivity index (χ0n) is 20.9. The number of rotatable bonds is 4. The molecule has 0 aliphatic rings. The Labute approximate surface area is 229 Å². The van der Waals surface area contributed by atoms with E-state index in [1.807, 2.05) is 102 Å². The maximum Gasteiger partial charge on any atom is 0.150 e. The van der Waals surface area contributed by atoms with Crippen LogP contribution >= 0.6 is 0 Å². The Balaban J connectivity index is 0.00000145.